The number of pyridine rings is 1. The third kappa shape index (κ3) is 4.00. The molecule has 7 heteroatoms. The minimum atomic E-state index is -0.955. The fourth-order valence-electron chi connectivity index (χ4n) is 1.42. The van der Waals surface area contributed by atoms with E-state index in [0.29, 0.717) is 12.2 Å². The number of carbonyl (C=O) groups is 1. The lowest BCUT2D eigenvalue weighted by Gasteiger charge is -2.14. The molecule has 0 saturated carbocycles. The Hall–Kier alpha value is -2.18. The third-order valence-electron chi connectivity index (χ3n) is 2.43. The van der Waals surface area contributed by atoms with Crippen LogP contribution in [0, 0.1) is 10.1 Å². The van der Waals surface area contributed by atoms with E-state index in [9.17, 15) is 14.9 Å². The molecule has 0 bridgehead atoms. The number of anilines is 1. The van der Waals surface area contributed by atoms with Gasteiger partial charge in [-0.25, -0.2) is 9.78 Å². The second-order valence-electron chi connectivity index (χ2n) is 3.84. The second-order valence-corrected chi connectivity index (χ2v) is 3.84. The Labute approximate surface area is 104 Å². The fraction of sp³-hybridized carbons (Fsp3) is 0.455. The third-order valence-corrected chi connectivity index (χ3v) is 2.43. The molecule has 1 aromatic heterocycles. The van der Waals surface area contributed by atoms with Gasteiger partial charge in [0.2, 0.25) is 0 Å². The van der Waals surface area contributed by atoms with Gasteiger partial charge >= 0.3 is 5.97 Å². The van der Waals surface area contributed by atoms with Gasteiger partial charge < -0.3 is 10.4 Å². The molecular weight excluding hydrogens is 238 g/mol. The van der Waals surface area contributed by atoms with Gasteiger partial charge in [-0.05, 0) is 12.5 Å². The highest BCUT2D eigenvalue weighted by Gasteiger charge is 2.17. The summed E-state index contributed by atoms with van der Waals surface area (Å²) < 4.78 is 0. The molecule has 0 aliphatic rings. The number of nitro groups is 1. The summed E-state index contributed by atoms with van der Waals surface area (Å²) in [5.41, 5.74) is -0.124. The fourth-order valence-corrected chi connectivity index (χ4v) is 1.42. The summed E-state index contributed by atoms with van der Waals surface area (Å²) in [6, 6.07) is 1.97. The van der Waals surface area contributed by atoms with Crippen LogP contribution in [0.1, 0.15) is 26.2 Å². The van der Waals surface area contributed by atoms with Gasteiger partial charge in [0.15, 0.2) is 0 Å². The number of carboxylic acids is 1. The minimum Gasteiger partial charge on any atom is -0.480 e. The van der Waals surface area contributed by atoms with E-state index in [-0.39, 0.29) is 5.69 Å². The summed E-state index contributed by atoms with van der Waals surface area (Å²) in [5, 5.41) is 22.2. The van der Waals surface area contributed by atoms with E-state index in [1.807, 2.05) is 6.92 Å². The lowest BCUT2D eigenvalue weighted by Crippen LogP contribution is -2.29. The predicted octanol–water partition coefficient (Wildman–Crippen LogP) is 2.05. The number of aromatic nitrogens is 1. The molecule has 7 nitrogen and oxygen atoms in total. The van der Waals surface area contributed by atoms with Crippen LogP contribution < -0.4 is 5.32 Å². The Morgan fingerprint density at radius 3 is 2.78 bits per heavy atom. The van der Waals surface area contributed by atoms with Crippen molar-refractivity contribution in [3.8, 4) is 0 Å². The van der Waals surface area contributed by atoms with Crippen LogP contribution in [-0.2, 0) is 4.79 Å². The maximum Gasteiger partial charge on any atom is 0.326 e. The standard InChI is InChI=1S/C11H15N3O4/c1-2-3-4-9(11(15)16)13-10-6-5-8(7-12-10)14(17)18/h5-7,9H,2-4H2,1H3,(H,12,13)(H,15,16)/t9-/m0/s1. The molecule has 98 valence electrons. The number of hydrogen-bond donors (Lipinski definition) is 2. The zero-order valence-electron chi connectivity index (χ0n) is 10.00. The normalized spacial score (nSPS) is 11.8. The summed E-state index contributed by atoms with van der Waals surface area (Å²) >= 11 is 0. The van der Waals surface area contributed by atoms with E-state index < -0.39 is 16.9 Å². The molecule has 0 spiro atoms. The average molecular weight is 253 g/mol. The van der Waals surface area contributed by atoms with Gasteiger partial charge in [-0.1, -0.05) is 19.8 Å². The van der Waals surface area contributed by atoms with E-state index >= 15 is 0 Å². The maximum absolute atomic E-state index is 11.0. The Bertz CT molecular complexity index is 419. The number of hydrogen-bond acceptors (Lipinski definition) is 5. The Kier molecular flexibility index (Phi) is 5.04. The SMILES string of the molecule is CCCC[C@H](Nc1ccc([N+](=O)[O-])cn1)C(=O)O. The summed E-state index contributed by atoms with van der Waals surface area (Å²) in [7, 11) is 0. The first kappa shape index (κ1) is 13.9. The van der Waals surface area contributed by atoms with Crippen LogP contribution >= 0.6 is 0 Å². The van der Waals surface area contributed by atoms with Crippen LogP contribution in [0.25, 0.3) is 0 Å². The zero-order valence-corrected chi connectivity index (χ0v) is 10.00. The zero-order chi connectivity index (χ0) is 13.5. The van der Waals surface area contributed by atoms with Crippen LogP contribution in [0.3, 0.4) is 0 Å². The molecule has 0 saturated heterocycles. The number of aliphatic carboxylic acids is 1. The average Bonchev–Trinajstić information content (AvgIpc) is 2.34. The van der Waals surface area contributed by atoms with Crippen LogP contribution in [0.4, 0.5) is 11.5 Å². The van der Waals surface area contributed by atoms with Crippen LogP contribution in [0.2, 0.25) is 0 Å². The first-order chi connectivity index (χ1) is 8.54. The van der Waals surface area contributed by atoms with Gasteiger partial charge in [0, 0.05) is 6.07 Å². The van der Waals surface area contributed by atoms with E-state index in [1.54, 1.807) is 0 Å². The first-order valence-electron chi connectivity index (χ1n) is 5.64. The Morgan fingerprint density at radius 2 is 2.33 bits per heavy atom. The van der Waals surface area contributed by atoms with Gasteiger partial charge in [-0.15, -0.1) is 0 Å². The highest BCUT2D eigenvalue weighted by molar-refractivity contribution is 5.76. The van der Waals surface area contributed by atoms with Crippen molar-refractivity contribution in [2.75, 3.05) is 5.32 Å². The number of unbranched alkanes of at least 4 members (excludes halogenated alkanes) is 1. The summed E-state index contributed by atoms with van der Waals surface area (Å²) in [4.78, 5) is 24.7. The molecular formula is C11H15N3O4. The number of nitrogens with zero attached hydrogens (tertiary/aromatic N) is 2. The molecule has 1 aromatic rings. The van der Waals surface area contributed by atoms with Crippen molar-refractivity contribution in [1.29, 1.82) is 0 Å². The van der Waals surface area contributed by atoms with Gasteiger partial charge in [-0.3, -0.25) is 10.1 Å². The maximum atomic E-state index is 11.0. The molecule has 0 fully saturated rings. The van der Waals surface area contributed by atoms with Crippen molar-refractivity contribution < 1.29 is 14.8 Å². The van der Waals surface area contributed by atoms with Crippen molar-refractivity contribution in [3.05, 3.63) is 28.4 Å². The van der Waals surface area contributed by atoms with Crippen LogP contribution in [-0.4, -0.2) is 27.0 Å². The van der Waals surface area contributed by atoms with Crippen LogP contribution in [0.15, 0.2) is 18.3 Å². The molecule has 0 aliphatic heterocycles. The number of carboxylic acid groups (broad SMARTS) is 1. The largest absolute Gasteiger partial charge is 0.480 e. The summed E-state index contributed by atoms with van der Waals surface area (Å²) in [6.07, 6.45) is 3.28. The molecule has 18 heavy (non-hydrogen) atoms. The van der Waals surface area contributed by atoms with Gasteiger partial charge in [-0.2, -0.15) is 0 Å². The van der Waals surface area contributed by atoms with E-state index in [2.05, 4.69) is 10.3 Å². The molecule has 1 rings (SSSR count). The quantitative estimate of drug-likeness (QED) is 0.569. The van der Waals surface area contributed by atoms with E-state index in [1.165, 1.54) is 12.1 Å². The van der Waals surface area contributed by atoms with Crippen molar-refractivity contribution in [3.63, 3.8) is 0 Å². The molecule has 0 unspecified atom stereocenters. The van der Waals surface area contributed by atoms with Crippen LogP contribution in [0.5, 0.6) is 0 Å². The van der Waals surface area contributed by atoms with Crippen molar-refractivity contribution in [2.45, 2.75) is 32.2 Å². The van der Waals surface area contributed by atoms with E-state index in [0.717, 1.165) is 19.0 Å². The van der Waals surface area contributed by atoms with Crippen molar-refractivity contribution >= 4 is 17.5 Å². The Balaban J connectivity index is 2.68. The Morgan fingerprint density at radius 1 is 1.61 bits per heavy atom. The molecule has 0 amide bonds. The van der Waals surface area contributed by atoms with Gasteiger partial charge in [0.25, 0.3) is 5.69 Å². The predicted molar refractivity (Wildman–Crippen MR) is 65.5 cm³/mol. The lowest BCUT2D eigenvalue weighted by molar-refractivity contribution is -0.385. The molecule has 1 atom stereocenters. The molecule has 0 aromatic carbocycles. The topological polar surface area (TPSA) is 105 Å². The summed E-state index contributed by atoms with van der Waals surface area (Å²) in [6.45, 7) is 1.98. The monoisotopic (exact) mass is 253 g/mol. The molecule has 0 aliphatic carbocycles. The van der Waals surface area contributed by atoms with Crippen molar-refractivity contribution in [1.82, 2.24) is 4.98 Å². The first-order valence-corrected chi connectivity index (χ1v) is 5.64. The summed E-state index contributed by atoms with van der Waals surface area (Å²) in [5.74, 6) is -0.632. The smallest absolute Gasteiger partial charge is 0.326 e. The minimum absolute atomic E-state index is 0.124. The van der Waals surface area contributed by atoms with Gasteiger partial charge in [0.1, 0.15) is 18.1 Å². The number of rotatable bonds is 7. The molecule has 2 N–H and O–H groups in total. The molecule has 0 radical (unpaired) electrons. The second kappa shape index (κ2) is 6.53. The highest BCUT2D eigenvalue weighted by atomic mass is 16.6. The lowest BCUT2D eigenvalue weighted by atomic mass is 10.1. The number of nitrogens with one attached hydrogen (secondary N) is 1. The van der Waals surface area contributed by atoms with Crippen molar-refractivity contribution in [2.24, 2.45) is 0 Å². The molecule has 1 heterocycles. The van der Waals surface area contributed by atoms with Gasteiger partial charge in [0.05, 0.1) is 4.92 Å². The highest BCUT2D eigenvalue weighted by Crippen LogP contribution is 2.14. The van der Waals surface area contributed by atoms with E-state index in [4.69, 9.17) is 5.11 Å².